The van der Waals surface area contributed by atoms with E-state index in [2.05, 4.69) is 127 Å². The van der Waals surface area contributed by atoms with Crippen molar-refractivity contribution >= 4 is 68.9 Å². The second-order valence-electron chi connectivity index (χ2n) is 29.7. The van der Waals surface area contributed by atoms with Crippen LogP contribution in [-0.4, -0.2) is 134 Å². The molecule has 0 aliphatic carbocycles. The number of aryl methyl sites for hydroxylation is 2. The number of imidazole rings is 5. The molecule has 5 aliphatic heterocycles. The number of carbonyl (C=O) groups excluding carboxylic acids is 3. The van der Waals surface area contributed by atoms with Crippen molar-refractivity contribution in [2.24, 2.45) is 42.2 Å². The molecule has 11 aromatic heterocycles. The molecule has 17 aromatic rings. The van der Waals surface area contributed by atoms with Gasteiger partial charge in [0.2, 0.25) is 0 Å². The second kappa shape index (κ2) is 37.2. The third kappa shape index (κ3) is 16.8. The number of nitrogens with two attached hydrogens (primary N) is 3. The minimum Gasteiger partial charge on any atom is -0.364 e. The van der Waals surface area contributed by atoms with Crippen molar-refractivity contribution in [1.29, 1.82) is 0 Å². The molecule has 5 aliphatic rings. The highest BCUT2D eigenvalue weighted by Gasteiger charge is 2.32. The van der Waals surface area contributed by atoms with Crippen LogP contribution < -0.4 is 17.2 Å². The van der Waals surface area contributed by atoms with Crippen LogP contribution in [0, 0.1) is 72.2 Å². The van der Waals surface area contributed by atoms with E-state index < -0.39 is 17.7 Å². The smallest absolute Gasteiger partial charge is 0.278 e. The van der Waals surface area contributed by atoms with Crippen LogP contribution in [0.25, 0.3) is 51.6 Å². The fourth-order valence-electron chi connectivity index (χ4n) is 15.6. The first-order valence-corrected chi connectivity index (χ1v) is 42.1. The summed E-state index contributed by atoms with van der Waals surface area (Å²) < 4.78 is 21.3. The Kier molecular flexibility index (Phi) is 23.9. The van der Waals surface area contributed by atoms with Crippen molar-refractivity contribution in [3.8, 4) is 113 Å². The molecule has 0 spiro atoms. The second-order valence-corrected chi connectivity index (χ2v) is 30.9. The van der Waals surface area contributed by atoms with Crippen LogP contribution in [0.3, 0.4) is 0 Å². The summed E-state index contributed by atoms with van der Waals surface area (Å²) in [4.78, 5) is 107. The number of aromatic nitrogens is 18. The summed E-state index contributed by atoms with van der Waals surface area (Å²) in [6.45, 7) is 5.38. The minimum atomic E-state index is -0.577. The average molecular weight is 1850 g/mol. The lowest BCUT2D eigenvalue weighted by molar-refractivity contribution is 0.0986. The Hall–Kier alpha value is -18.5. The summed E-state index contributed by atoms with van der Waals surface area (Å²) in [6.07, 6.45) is 43.9. The first-order chi connectivity index (χ1) is 65.0. The van der Waals surface area contributed by atoms with Crippen LogP contribution in [0.4, 0.5) is 0 Å². The Balaban J connectivity index is 0.000000111. The van der Waals surface area contributed by atoms with Gasteiger partial charge in [-0.3, -0.25) is 82.1 Å². The van der Waals surface area contributed by atoms with E-state index in [0.29, 0.717) is 89.4 Å². The van der Waals surface area contributed by atoms with Crippen molar-refractivity contribution in [2.45, 2.75) is 53.0 Å². The van der Waals surface area contributed by atoms with E-state index in [9.17, 15) is 14.4 Å². The molecule has 640 valence electrons. The highest BCUT2D eigenvalue weighted by molar-refractivity contribution is 14.1. The molecule has 0 radical (unpaired) electrons. The molecule has 22 rings (SSSR count). The number of benzene rings is 6. The van der Waals surface area contributed by atoms with Crippen molar-refractivity contribution in [1.82, 2.24) is 88.0 Å². The number of terminal acetylenes is 5. The monoisotopic (exact) mass is 1850 g/mol. The summed E-state index contributed by atoms with van der Waals surface area (Å²) in [7, 11) is 0. The van der Waals surface area contributed by atoms with Gasteiger partial charge in [0, 0.05) is 96.0 Å². The Bertz CT molecular complexity index is 7750. The highest BCUT2D eigenvalue weighted by Crippen LogP contribution is 2.37. The van der Waals surface area contributed by atoms with Crippen LogP contribution in [0.1, 0.15) is 162 Å². The molecule has 31 nitrogen and oxygen atoms in total. The summed E-state index contributed by atoms with van der Waals surface area (Å²) in [5, 5.41) is 7.86. The molecular formula is C101H69IN26O5. The number of nitrogens with zero attached hydrogens (tertiary/aromatic N) is 23. The van der Waals surface area contributed by atoms with E-state index in [1.165, 1.54) is 0 Å². The van der Waals surface area contributed by atoms with E-state index in [0.717, 1.165) is 145 Å². The van der Waals surface area contributed by atoms with Gasteiger partial charge >= 0.3 is 0 Å². The molecule has 32 heteroatoms. The summed E-state index contributed by atoms with van der Waals surface area (Å²) in [5.41, 5.74) is 42.4. The normalized spacial score (nSPS) is 12.4. The van der Waals surface area contributed by atoms with Gasteiger partial charge in [-0.15, -0.1) is 32.1 Å². The van der Waals surface area contributed by atoms with E-state index in [4.69, 9.17) is 73.3 Å². The van der Waals surface area contributed by atoms with Crippen LogP contribution in [0.2, 0.25) is 0 Å². The number of halogens is 1. The number of aliphatic imine (C=N–C) groups is 5. The van der Waals surface area contributed by atoms with Crippen LogP contribution in [0.5, 0.6) is 0 Å². The molecule has 6 N–H and O–H groups in total. The van der Waals surface area contributed by atoms with Gasteiger partial charge in [-0.05, 0) is 175 Å². The SMILES string of the molecule is C#Cc1ccc2c(c1)C(c1ccccc1I)=NCc1c(C(N)=O)ncn1-2.C#Cc1ccc2c(c1)C(c1ccccn1)=NCc1c(-c3nc(C)no3)ncn1-2.C#Cc1ccc2c(c1)C(c1ccccn1)=NCc1c(-c3nc(CC)no3)ncn1-2.C#Cc1ccc2c(c1)C(c1ccccn1)=NCc1c(C(N)=O)ncn1-2.C#Cc1ccc2c(c1)C(c1ccccn1)=NCc1c(C(N)=O)ncn1-2. The fraction of sp³-hybridized carbons (Fsp3) is 0.0792. The number of amides is 3. The molecule has 6 aromatic carbocycles. The van der Waals surface area contributed by atoms with E-state index >= 15 is 0 Å². The molecule has 0 bridgehead atoms. The van der Waals surface area contributed by atoms with Gasteiger partial charge in [0.1, 0.15) is 31.6 Å². The molecule has 0 saturated heterocycles. The minimum absolute atomic E-state index is 0.220. The quantitative estimate of drug-likeness (QED) is 0.0799. The Morgan fingerprint density at radius 1 is 0.353 bits per heavy atom. The molecule has 0 fully saturated rings. The van der Waals surface area contributed by atoms with Crippen LogP contribution >= 0.6 is 22.6 Å². The molecule has 0 atom stereocenters. The van der Waals surface area contributed by atoms with Gasteiger partial charge in [0.25, 0.3) is 29.5 Å². The largest absolute Gasteiger partial charge is 0.364 e. The number of pyridine rings is 4. The van der Waals surface area contributed by atoms with Gasteiger partial charge in [-0.2, -0.15) is 9.97 Å². The maximum atomic E-state index is 11.7. The maximum absolute atomic E-state index is 11.7. The number of rotatable bonds is 11. The lowest BCUT2D eigenvalue weighted by Gasteiger charge is -2.13. The van der Waals surface area contributed by atoms with E-state index in [1.54, 1.807) is 63.3 Å². The predicted molar refractivity (Wildman–Crippen MR) is 507 cm³/mol. The number of fused-ring (bicyclic) bond motifs is 15. The molecular weight excluding hydrogens is 1780 g/mol. The summed E-state index contributed by atoms with van der Waals surface area (Å²) in [5.74, 6) is 13.6. The maximum Gasteiger partial charge on any atom is 0.278 e. The van der Waals surface area contributed by atoms with Crippen LogP contribution in [0.15, 0.2) is 278 Å². The van der Waals surface area contributed by atoms with Gasteiger partial charge < -0.3 is 26.2 Å². The molecule has 16 heterocycles. The average Bonchev–Trinajstić information content (AvgIpc) is 1.53. The van der Waals surface area contributed by atoms with Crippen LogP contribution in [-0.2, 0) is 39.1 Å². The van der Waals surface area contributed by atoms with Gasteiger partial charge in [0.15, 0.2) is 40.1 Å². The van der Waals surface area contributed by atoms with Gasteiger partial charge in [0.05, 0.1) is 141 Å². The summed E-state index contributed by atoms with van der Waals surface area (Å²) in [6, 6.07) is 59.5. The molecule has 3 amide bonds. The Morgan fingerprint density at radius 3 is 0.940 bits per heavy atom. The van der Waals surface area contributed by atoms with Crippen molar-refractivity contribution in [3.63, 3.8) is 0 Å². The third-order valence-electron chi connectivity index (χ3n) is 21.8. The fourth-order valence-corrected chi connectivity index (χ4v) is 16.3. The zero-order chi connectivity index (χ0) is 91.9. The topological polar surface area (TPSA) is 410 Å². The van der Waals surface area contributed by atoms with Crippen molar-refractivity contribution in [2.75, 3.05) is 0 Å². The Morgan fingerprint density at radius 2 is 0.647 bits per heavy atom. The van der Waals surface area contributed by atoms with Gasteiger partial charge in [-0.1, -0.05) is 89.3 Å². The number of carbonyl (C=O) groups is 3. The molecule has 0 unspecified atom stereocenters. The number of hydrogen-bond donors (Lipinski definition) is 3. The van der Waals surface area contributed by atoms with E-state index in [-0.39, 0.29) is 30.2 Å². The van der Waals surface area contributed by atoms with Crippen molar-refractivity contribution < 1.29 is 23.4 Å². The Labute approximate surface area is 773 Å². The number of primary amides is 3. The zero-order valence-corrected chi connectivity index (χ0v) is 72.8. The first kappa shape index (κ1) is 85.3. The zero-order valence-electron chi connectivity index (χ0n) is 70.7. The summed E-state index contributed by atoms with van der Waals surface area (Å²) >= 11 is 2.29. The lowest BCUT2D eigenvalue weighted by Crippen LogP contribution is -2.14. The highest BCUT2D eigenvalue weighted by atomic mass is 127. The third-order valence-corrected chi connectivity index (χ3v) is 22.8. The molecule has 0 saturated carbocycles. The van der Waals surface area contributed by atoms with Gasteiger partial charge in [-0.25, -0.2) is 24.9 Å². The predicted octanol–water partition coefficient (Wildman–Crippen LogP) is 12.5. The number of hydrogen-bond acceptors (Lipinski definition) is 23. The van der Waals surface area contributed by atoms with Crippen molar-refractivity contribution in [3.05, 3.63) is 389 Å². The van der Waals surface area contributed by atoms with E-state index in [1.807, 2.05) is 218 Å². The first-order valence-electron chi connectivity index (χ1n) is 41.0. The molecule has 133 heavy (non-hydrogen) atoms. The standard InChI is InChI=1S/C22H16N6O.C21H14N6O.C20H13IN4O.2C19H13N5O/c1-3-14-8-9-17-15(11-14)20(16-7-5-6-10-23-16)24-12-18-21(25-13-28(17)18)22-26-19(4-2)27-29-22;1-3-14-7-8-17-15(10-14)19(16-6-4-5-9-22-16)23-11-18-20(24-12-27(17)18)21-25-13(2)26-28-21;1-2-12-7-8-16-14(9-12)18(13-5-3-4-6-15(13)21)23-10-17-19(20(22)26)24-11-25(16)17;2*1-2-12-6-7-15-13(9-12)17(14-5-3-4-8-21-14)22-10-16-18(19(20)25)23-11-24(15)16/h1,5-11,13H,4,12H2,2H3;1,4-10,12H,11H2,2H3;1,3-9,11H,10H2,(H2,22,26);2*1,3-9,11H,10H2,(H2,20,25). The lowest BCUT2D eigenvalue weighted by atomic mass is 9.98.